The van der Waals surface area contributed by atoms with E-state index in [1.165, 1.54) is 11.8 Å². The summed E-state index contributed by atoms with van der Waals surface area (Å²) in [6, 6.07) is 5.46. The largest absolute Gasteiger partial charge is 0.353 e. The van der Waals surface area contributed by atoms with Crippen molar-refractivity contribution in [1.82, 2.24) is 14.8 Å². The normalized spacial score (nSPS) is 16.4. The summed E-state index contributed by atoms with van der Waals surface area (Å²) >= 11 is 1.87. The van der Waals surface area contributed by atoms with Gasteiger partial charge in [-0.15, -0.1) is 0 Å². The van der Waals surface area contributed by atoms with Crippen molar-refractivity contribution in [3.8, 4) is 0 Å². The Morgan fingerprint density at radius 3 is 2.70 bits per heavy atom. The molecule has 0 unspecified atom stereocenters. The monoisotopic (exact) mass is 337 g/mol. The molecule has 0 aromatic carbocycles. The number of aromatic nitrogens is 1. The molecular formula is C17H27N3O2S. The number of nitrogens with one attached hydrogen (secondary N) is 1. The molecule has 128 valence electrons. The summed E-state index contributed by atoms with van der Waals surface area (Å²) in [6.07, 6.45) is 4.53. The molecule has 1 aliphatic rings. The highest BCUT2D eigenvalue weighted by atomic mass is 32.2. The van der Waals surface area contributed by atoms with Crippen LogP contribution in [0.4, 0.5) is 0 Å². The van der Waals surface area contributed by atoms with E-state index in [1.54, 1.807) is 10.6 Å². The highest BCUT2D eigenvalue weighted by molar-refractivity contribution is 7.98. The second-order valence-corrected chi connectivity index (χ2v) is 7.07. The minimum Gasteiger partial charge on any atom is -0.353 e. The van der Waals surface area contributed by atoms with Crippen LogP contribution < -0.4 is 10.9 Å². The third kappa shape index (κ3) is 5.70. The van der Waals surface area contributed by atoms with E-state index in [1.807, 2.05) is 24.8 Å². The molecule has 2 heterocycles. The van der Waals surface area contributed by atoms with E-state index in [4.69, 9.17) is 0 Å². The van der Waals surface area contributed by atoms with Gasteiger partial charge in [-0.1, -0.05) is 6.07 Å². The Kier molecular flexibility index (Phi) is 7.17. The Balaban J connectivity index is 1.73. The fraction of sp³-hybridized carbons (Fsp3) is 0.647. The summed E-state index contributed by atoms with van der Waals surface area (Å²) in [7, 11) is 0. The standard InChI is InChI=1S/C17H27N3O2S/c1-14-4-3-5-17(22)20(14)11-8-16(21)18-15-6-9-19(10-7-15)12-13-23-2/h3-5,15H,6-13H2,1-2H3,(H,18,21). The Bertz CT molecular complexity index is 565. The number of likely N-dealkylation sites (tertiary alicyclic amines) is 1. The maximum atomic E-state index is 12.1. The van der Waals surface area contributed by atoms with E-state index in [0.717, 1.165) is 38.2 Å². The van der Waals surface area contributed by atoms with Gasteiger partial charge in [-0.05, 0) is 32.1 Å². The molecule has 1 saturated heterocycles. The molecule has 1 aliphatic heterocycles. The van der Waals surface area contributed by atoms with Crippen molar-refractivity contribution >= 4 is 17.7 Å². The van der Waals surface area contributed by atoms with E-state index in [0.29, 0.717) is 13.0 Å². The first-order valence-electron chi connectivity index (χ1n) is 8.27. The summed E-state index contributed by atoms with van der Waals surface area (Å²) in [5.74, 6) is 1.21. The number of nitrogens with zero attached hydrogens (tertiary/aromatic N) is 2. The molecule has 0 radical (unpaired) electrons. The number of hydrogen-bond acceptors (Lipinski definition) is 4. The van der Waals surface area contributed by atoms with Gasteiger partial charge in [0, 0.05) is 56.2 Å². The predicted molar refractivity (Wildman–Crippen MR) is 96.0 cm³/mol. The molecular weight excluding hydrogens is 310 g/mol. The Morgan fingerprint density at radius 1 is 1.30 bits per heavy atom. The summed E-state index contributed by atoms with van der Waals surface area (Å²) in [6.45, 7) is 5.59. The second-order valence-electron chi connectivity index (χ2n) is 6.08. The highest BCUT2D eigenvalue weighted by Gasteiger charge is 2.20. The van der Waals surface area contributed by atoms with Gasteiger partial charge in [0.25, 0.3) is 5.56 Å². The summed E-state index contributed by atoms with van der Waals surface area (Å²) in [5.41, 5.74) is 0.854. The van der Waals surface area contributed by atoms with Crippen molar-refractivity contribution in [3.05, 3.63) is 34.2 Å². The summed E-state index contributed by atoms with van der Waals surface area (Å²) < 4.78 is 1.66. The molecule has 1 N–H and O–H groups in total. The average Bonchev–Trinajstić information content (AvgIpc) is 2.54. The Morgan fingerprint density at radius 2 is 2.04 bits per heavy atom. The van der Waals surface area contributed by atoms with E-state index in [9.17, 15) is 9.59 Å². The van der Waals surface area contributed by atoms with Gasteiger partial charge in [0.05, 0.1) is 0 Å². The Hall–Kier alpha value is -1.27. The van der Waals surface area contributed by atoms with Gasteiger partial charge in [-0.25, -0.2) is 0 Å². The van der Waals surface area contributed by atoms with Gasteiger partial charge in [0.1, 0.15) is 0 Å². The number of carbonyl (C=O) groups excluding carboxylic acids is 1. The first-order valence-corrected chi connectivity index (χ1v) is 9.66. The lowest BCUT2D eigenvalue weighted by molar-refractivity contribution is -0.122. The van der Waals surface area contributed by atoms with Crippen LogP contribution in [0.25, 0.3) is 0 Å². The van der Waals surface area contributed by atoms with Gasteiger partial charge < -0.3 is 14.8 Å². The third-order valence-electron chi connectivity index (χ3n) is 4.39. The highest BCUT2D eigenvalue weighted by Crippen LogP contribution is 2.11. The molecule has 0 aliphatic carbocycles. The zero-order valence-corrected chi connectivity index (χ0v) is 14.9. The summed E-state index contributed by atoms with van der Waals surface area (Å²) in [4.78, 5) is 26.4. The lowest BCUT2D eigenvalue weighted by atomic mass is 10.0. The molecule has 23 heavy (non-hydrogen) atoms. The van der Waals surface area contributed by atoms with Crippen LogP contribution in [-0.2, 0) is 11.3 Å². The van der Waals surface area contributed by atoms with Gasteiger partial charge in [0.15, 0.2) is 0 Å². The van der Waals surface area contributed by atoms with Gasteiger partial charge in [-0.3, -0.25) is 9.59 Å². The third-order valence-corrected chi connectivity index (χ3v) is 4.99. The molecule has 1 aromatic rings. The summed E-state index contributed by atoms with van der Waals surface area (Å²) in [5, 5.41) is 3.12. The maximum absolute atomic E-state index is 12.1. The molecule has 1 fully saturated rings. The van der Waals surface area contributed by atoms with Gasteiger partial charge >= 0.3 is 0 Å². The lowest BCUT2D eigenvalue weighted by Crippen LogP contribution is -2.45. The minimum absolute atomic E-state index is 0.0418. The van der Waals surface area contributed by atoms with E-state index in [-0.39, 0.29) is 17.5 Å². The number of piperidine rings is 1. The number of aryl methyl sites for hydroxylation is 1. The van der Waals surface area contributed by atoms with Gasteiger partial charge in [-0.2, -0.15) is 11.8 Å². The second kappa shape index (κ2) is 9.13. The van der Waals surface area contributed by atoms with Crippen LogP contribution in [-0.4, -0.2) is 53.1 Å². The molecule has 1 aromatic heterocycles. The molecule has 1 amide bonds. The zero-order valence-electron chi connectivity index (χ0n) is 14.1. The van der Waals surface area contributed by atoms with Crippen LogP contribution in [0, 0.1) is 6.92 Å². The smallest absolute Gasteiger partial charge is 0.250 e. The SMILES string of the molecule is CSCCN1CCC(NC(=O)CCn2c(C)cccc2=O)CC1. The number of thioether (sulfide) groups is 1. The van der Waals surface area contributed by atoms with Crippen LogP contribution in [0.15, 0.2) is 23.0 Å². The van der Waals surface area contributed by atoms with Crippen LogP contribution in [0.3, 0.4) is 0 Å². The zero-order chi connectivity index (χ0) is 16.7. The average molecular weight is 337 g/mol. The fourth-order valence-electron chi connectivity index (χ4n) is 2.94. The molecule has 6 heteroatoms. The predicted octanol–water partition coefficient (Wildman–Crippen LogP) is 1.49. The first-order chi connectivity index (χ1) is 11.1. The van der Waals surface area contributed by atoms with Crippen LogP contribution in [0.5, 0.6) is 0 Å². The molecule has 2 rings (SSSR count). The number of pyridine rings is 1. The maximum Gasteiger partial charge on any atom is 0.250 e. The van der Waals surface area contributed by atoms with Crippen molar-refractivity contribution in [2.45, 2.75) is 38.8 Å². The number of rotatable bonds is 7. The molecule has 0 spiro atoms. The fourth-order valence-corrected chi connectivity index (χ4v) is 3.39. The quantitative estimate of drug-likeness (QED) is 0.819. The molecule has 0 bridgehead atoms. The topological polar surface area (TPSA) is 54.3 Å². The van der Waals surface area contributed by atoms with Crippen molar-refractivity contribution < 1.29 is 4.79 Å². The first kappa shape index (κ1) is 18.1. The molecule has 0 atom stereocenters. The van der Waals surface area contributed by atoms with E-state index >= 15 is 0 Å². The van der Waals surface area contributed by atoms with Gasteiger partial charge in [0.2, 0.25) is 5.91 Å². The lowest BCUT2D eigenvalue weighted by Gasteiger charge is -2.32. The number of hydrogen-bond donors (Lipinski definition) is 1. The van der Waals surface area contributed by atoms with Crippen LogP contribution in [0.1, 0.15) is 25.0 Å². The Labute approximate surface area is 142 Å². The number of amides is 1. The van der Waals surface area contributed by atoms with E-state index in [2.05, 4.69) is 16.5 Å². The van der Waals surface area contributed by atoms with Crippen LogP contribution >= 0.6 is 11.8 Å². The van der Waals surface area contributed by atoms with Crippen LogP contribution in [0.2, 0.25) is 0 Å². The van der Waals surface area contributed by atoms with Crippen molar-refractivity contribution in [2.24, 2.45) is 0 Å². The van der Waals surface area contributed by atoms with Crippen molar-refractivity contribution in [1.29, 1.82) is 0 Å². The van der Waals surface area contributed by atoms with Crippen molar-refractivity contribution in [2.75, 3.05) is 31.6 Å². The molecule has 0 saturated carbocycles. The molecule has 5 nitrogen and oxygen atoms in total. The van der Waals surface area contributed by atoms with E-state index < -0.39 is 0 Å². The van der Waals surface area contributed by atoms with Crippen molar-refractivity contribution in [3.63, 3.8) is 0 Å². The number of carbonyl (C=O) groups is 1. The minimum atomic E-state index is -0.0418.